The summed E-state index contributed by atoms with van der Waals surface area (Å²) in [4.78, 5) is 19.7. The van der Waals surface area contributed by atoms with Crippen molar-refractivity contribution in [1.82, 2.24) is 14.5 Å². The molecule has 5 nitrogen and oxygen atoms in total. The first-order valence-corrected chi connectivity index (χ1v) is 6.03. The Morgan fingerprint density at radius 3 is 2.35 bits per heavy atom. The quantitative estimate of drug-likeness (QED) is 0.539. The third-order valence-corrected chi connectivity index (χ3v) is 2.77. The van der Waals surface area contributed by atoms with E-state index < -0.39 is 5.97 Å². The minimum Gasteiger partial charge on any atom is -0.423 e. The van der Waals surface area contributed by atoms with E-state index in [9.17, 15) is 4.79 Å². The lowest BCUT2D eigenvalue weighted by Gasteiger charge is -2.06. The van der Waals surface area contributed by atoms with Crippen LogP contribution >= 0.6 is 0 Å². The van der Waals surface area contributed by atoms with Gasteiger partial charge < -0.3 is 9.30 Å². The van der Waals surface area contributed by atoms with E-state index in [1.807, 2.05) is 22.9 Å². The molecule has 0 radical (unpaired) electrons. The third kappa shape index (κ3) is 2.56. The largest absolute Gasteiger partial charge is 0.423 e. The number of aromatic nitrogens is 3. The Kier molecular flexibility index (Phi) is 3.24. The second kappa shape index (κ2) is 5.36. The maximum atomic E-state index is 11.9. The van der Waals surface area contributed by atoms with Crippen molar-refractivity contribution in [2.24, 2.45) is 0 Å². The predicted molar refractivity (Wildman–Crippen MR) is 72.8 cm³/mol. The number of rotatable bonds is 3. The van der Waals surface area contributed by atoms with Crippen LogP contribution in [0.2, 0.25) is 0 Å². The predicted octanol–water partition coefficient (Wildman–Crippen LogP) is 2.49. The molecule has 3 rings (SSSR count). The van der Waals surface area contributed by atoms with Gasteiger partial charge in [0.15, 0.2) is 0 Å². The third-order valence-electron chi connectivity index (χ3n) is 2.77. The van der Waals surface area contributed by atoms with Crippen molar-refractivity contribution in [2.75, 3.05) is 0 Å². The summed E-state index contributed by atoms with van der Waals surface area (Å²) in [5.41, 5.74) is 1.42. The first-order chi connectivity index (χ1) is 9.83. The van der Waals surface area contributed by atoms with Gasteiger partial charge in [0.05, 0.1) is 11.9 Å². The van der Waals surface area contributed by atoms with E-state index in [-0.39, 0.29) is 0 Å². The average Bonchev–Trinajstić information content (AvgIpc) is 3.03. The molecule has 98 valence electrons. The summed E-state index contributed by atoms with van der Waals surface area (Å²) in [5, 5.41) is 0. The second-order valence-electron chi connectivity index (χ2n) is 4.09. The number of ether oxygens (including phenoxy) is 1. The minimum atomic E-state index is -0.400. The van der Waals surface area contributed by atoms with Crippen molar-refractivity contribution in [3.05, 3.63) is 73.1 Å². The van der Waals surface area contributed by atoms with Crippen LogP contribution in [-0.2, 0) is 0 Å². The highest BCUT2D eigenvalue weighted by Crippen LogP contribution is 2.16. The fourth-order valence-corrected chi connectivity index (χ4v) is 1.75. The molecule has 0 amide bonds. The van der Waals surface area contributed by atoms with Crippen molar-refractivity contribution in [2.45, 2.75) is 0 Å². The van der Waals surface area contributed by atoms with E-state index in [1.165, 1.54) is 0 Å². The Balaban J connectivity index is 1.74. The zero-order chi connectivity index (χ0) is 13.8. The van der Waals surface area contributed by atoms with Crippen LogP contribution in [0.15, 0.2) is 67.5 Å². The molecule has 3 aromatic rings. The first kappa shape index (κ1) is 12.1. The molecular formula is C15H11N3O2. The highest BCUT2D eigenvalue weighted by atomic mass is 16.5. The zero-order valence-corrected chi connectivity index (χ0v) is 10.5. The molecule has 0 saturated carbocycles. The number of pyridine rings is 1. The van der Waals surface area contributed by atoms with Crippen molar-refractivity contribution in [3.8, 4) is 11.4 Å². The van der Waals surface area contributed by atoms with Gasteiger partial charge in [-0.05, 0) is 36.4 Å². The standard InChI is InChI=1S/C15H11N3O2/c19-15(12-5-7-16-8-6-12)20-14-3-1-13(2-4-14)18-10-9-17-11-18/h1-11H. The molecule has 0 fully saturated rings. The lowest BCUT2D eigenvalue weighted by atomic mass is 10.2. The maximum absolute atomic E-state index is 11.9. The van der Waals surface area contributed by atoms with Crippen LogP contribution in [0.3, 0.4) is 0 Å². The fraction of sp³-hybridized carbons (Fsp3) is 0. The molecule has 0 aliphatic rings. The van der Waals surface area contributed by atoms with Crippen molar-refractivity contribution in [3.63, 3.8) is 0 Å². The van der Waals surface area contributed by atoms with Gasteiger partial charge in [0.25, 0.3) is 0 Å². The summed E-state index contributed by atoms with van der Waals surface area (Å²) < 4.78 is 7.15. The lowest BCUT2D eigenvalue weighted by Crippen LogP contribution is -2.08. The van der Waals surface area contributed by atoms with Crippen molar-refractivity contribution in [1.29, 1.82) is 0 Å². The average molecular weight is 265 g/mol. The molecule has 0 aliphatic carbocycles. The van der Waals surface area contributed by atoms with E-state index in [0.717, 1.165) is 5.69 Å². The SMILES string of the molecule is O=C(Oc1ccc(-n2ccnc2)cc1)c1ccncc1. The highest BCUT2D eigenvalue weighted by molar-refractivity contribution is 5.90. The zero-order valence-electron chi connectivity index (χ0n) is 10.5. The van der Waals surface area contributed by atoms with E-state index in [4.69, 9.17) is 4.74 Å². The molecule has 0 spiro atoms. The van der Waals surface area contributed by atoms with Crippen LogP contribution in [-0.4, -0.2) is 20.5 Å². The molecule has 1 aromatic carbocycles. The van der Waals surface area contributed by atoms with E-state index in [1.54, 1.807) is 49.2 Å². The summed E-state index contributed by atoms with van der Waals surface area (Å²) in [5.74, 6) is 0.0958. The maximum Gasteiger partial charge on any atom is 0.343 e. The molecule has 0 saturated heterocycles. The summed E-state index contributed by atoms with van der Waals surface area (Å²) in [6.07, 6.45) is 8.37. The number of imidazole rings is 1. The highest BCUT2D eigenvalue weighted by Gasteiger charge is 2.07. The Hall–Kier alpha value is -2.95. The number of carbonyl (C=O) groups is 1. The number of nitrogens with zero attached hydrogens (tertiary/aromatic N) is 3. The van der Waals surface area contributed by atoms with Crippen LogP contribution in [0, 0.1) is 0 Å². The molecule has 0 aliphatic heterocycles. The van der Waals surface area contributed by atoms with Crippen LogP contribution < -0.4 is 4.74 Å². The van der Waals surface area contributed by atoms with Gasteiger partial charge in [-0.3, -0.25) is 4.98 Å². The monoisotopic (exact) mass is 265 g/mol. The van der Waals surface area contributed by atoms with Gasteiger partial charge >= 0.3 is 5.97 Å². The van der Waals surface area contributed by atoms with Crippen molar-refractivity contribution < 1.29 is 9.53 Å². The second-order valence-corrected chi connectivity index (χ2v) is 4.09. The van der Waals surface area contributed by atoms with Gasteiger partial charge in [-0.25, -0.2) is 9.78 Å². The normalized spacial score (nSPS) is 10.2. The number of carbonyl (C=O) groups excluding carboxylic acids is 1. The molecule has 0 unspecified atom stereocenters. The summed E-state index contributed by atoms with van der Waals surface area (Å²) in [6, 6.07) is 10.4. The number of esters is 1. The van der Waals surface area contributed by atoms with Crippen LogP contribution in [0.25, 0.3) is 5.69 Å². The molecule has 20 heavy (non-hydrogen) atoms. The van der Waals surface area contributed by atoms with Gasteiger partial charge in [-0.2, -0.15) is 0 Å². The molecule has 0 N–H and O–H groups in total. The lowest BCUT2D eigenvalue weighted by molar-refractivity contribution is 0.0734. The van der Waals surface area contributed by atoms with E-state index >= 15 is 0 Å². The molecular weight excluding hydrogens is 254 g/mol. The Bertz CT molecular complexity index is 692. The van der Waals surface area contributed by atoms with Gasteiger partial charge in [0.2, 0.25) is 0 Å². The molecule has 5 heteroatoms. The molecule has 0 atom stereocenters. The van der Waals surface area contributed by atoms with Gasteiger partial charge in [-0.15, -0.1) is 0 Å². The Morgan fingerprint density at radius 1 is 0.950 bits per heavy atom. The number of hydrogen-bond acceptors (Lipinski definition) is 4. The van der Waals surface area contributed by atoms with Gasteiger partial charge in [-0.1, -0.05) is 0 Å². The molecule has 2 aromatic heterocycles. The Morgan fingerprint density at radius 2 is 1.70 bits per heavy atom. The van der Waals surface area contributed by atoms with Crippen molar-refractivity contribution >= 4 is 5.97 Å². The molecule has 2 heterocycles. The summed E-state index contributed by atoms with van der Waals surface area (Å²) >= 11 is 0. The van der Waals surface area contributed by atoms with E-state index in [2.05, 4.69) is 9.97 Å². The summed E-state index contributed by atoms with van der Waals surface area (Å²) in [6.45, 7) is 0. The minimum absolute atomic E-state index is 0.400. The topological polar surface area (TPSA) is 57.0 Å². The van der Waals surface area contributed by atoms with Crippen LogP contribution in [0.4, 0.5) is 0 Å². The van der Waals surface area contributed by atoms with Crippen LogP contribution in [0.1, 0.15) is 10.4 Å². The Labute approximate surface area is 115 Å². The van der Waals surface area contributed by atoms with E-state index in [0.29, 0.717) is 11.3 Å². The van der Waals surface area contributed by atoms with Crippen LogP contribution in [0.5, 0.6) is 5.75 Å². The fourth-order valence-electron chi connectivity index (χ4n) is 1.75. The van der Waals surface area contributed by atoms with Gasteiger partial charge in [0.1, 0.15) is 5.75 Å². The summed E-state index contributed by atoms with van der Waals surface area (Å²) in [7, 11) is 0. The van der Waals surface area contributed by atoms with Gasteiger partial charge in [0, 0.05) is 30.5 Å². The molecule has 0 bridgehead atoms. The number of hydrogen-bond donors (Lipinski definition) is 0. The first-order valence-electron chi connectivity index (χ1n) is 6.03. The smallest absolute Gasteiger partial charge is 0.343 e. The number of benzene rings is 1.